The summed E-state index contributed by atoms with van der Waals surface area (Å²) < 4.78 is 5.44. The number of aliphatic hydroxyl groups excluding tert-OH is 1. The molecule has 3 N–H and O–H groups in total. The molecule has 2 fully saturated rings. The molecule has 46 heavy (non-hydrogen) atoms. The van der Waals surface area contributed by atoms with Crippen molar-refractivity contribution in [1.82, 2.24) is 30.1 Å². The number of aliphatic hydroxyl groups is 1. The number of likely N-dealkylation sites (N-methyl/N-ethyl adjacent to an activating group) is 1. The molecule has 12 nitrogen and oxygen atoms in total. The summed E-state index contributed by atoms with van der Waals surface area (Å²) in [5.74, 6) is 0.662. The summed E-state index contributed by atoms with van der Waals surface area (Å²) in [6.45, 7) is 7.85. The summed E-state index contributed by atoms with van der Waals surface area (Å²) in [4.78, 5) is 46.9. The zero-order valence-corrected chi connectivity index (χ0v) is 27.2. The molecule has 3 atom stereocenters. The van der Waals surface area contributed by atoms with E-state index in [2.05, 4.69) is 44.4 Å². The largest absolute Gasteiger partial charge is 0.394 e. The smallest absolute Gasteiger partial charge is 0.255 e. The Hall–Kier alpha value is -3.84. The van der Waals surface area contributed by atoms with Gasteiger partial charge < -0.3 is 35.2 Å². The molecule has 0 radical (unpaired) electrons. The molecule has 5 heterocycles. The number of nitrogens with zero attached hydrogens (tertiary/aromatic N) is 6. The standard InChI is InChI=1S/C33H41ClN8O4/c1-20-17-41(12-11-40(20)3)29-6-4-5-27(37-29)28(19-43)38-31(44)21(2)42-18-23-8-7-22(15-25(23)32(42)45)30-26(34)16-35-33(39-30)36-24-9-13-46-14-10-24/h4-8,15-16,20-21,24,28,43H,9-14,17-19H2,1-3H3,(H,38,44)(H,35,36,39)/t20-,21-,28-/m1/s1. The van der Waals surface area contributed by atoms with E-state index in [-0.39, 0.29) is 31.0 Å². The number of carbonyl (C=O) groups is 2. The van der Waals surface area contributed by atoms with Crippen molar-refractivity contribution in [3.8, 4) is 11.3 Å². The second kappa shape index (κ2) is 13.9. The highest BCUT2D eigenvalue weighted by molar-refractivity contribution is 6.33. The number of anilines is 2. The lowest BCUT2D eigenvalue weighted by Crippen LogP contribution is -2.50. The number of halogens is 1. The van der Waals surface area contributed by atoms with Crippen LogP contribution in [0.2, 0.25) is 5.02 Å². The number of rotatable bonds is 9. The Morgan fingerprint density at radius 1 is 1.17 bits per heavy atom. The monoisotopic (exact) mass is 648 g/mol. The first-order chi connectivity index (χ1) is 22.2. The van der Waals surface area contributed by atoms with Gasteiger partial charge in [0, 0.05) is 62.6 Å². The van der Waals surface area contributed by atoms with E-state index in [1.54, 1.807) is 25.3 Å². The molecule has 0 spiro atoms. The molecule has 2 amide bonds. The van der Waals surface area contributed by atoms with Gasteiger partial charge in [-0.2, -0.15) is 0 Å². The minimum absolute atomic E-state index is 0.219. The molecular weight excluding hydrogens is 608 g/mol. The van der Waals surface area contributed by atoms with Crippen LogP contribution in [-0.2, 0) is 16.1 Å². The first-order valence-electron chi connectivity index (χ1n) is 15.9. The predicted octanol–water partition coefficient (Wildman–Crippen LogP) is 3.12. The first-order valence-corrected chi connectivity index (χ1v) is 16.2. The van der Waals surface area contributed by atoms with E-state index < -0.39 is 12.1 Å². The number of hydrogen-bond donors (Lipinski definition) is 3. The van der Waals surface area contributed by atoms with Gasteiger partial charge in [-0.15, -0.1) is 0 Å². The molecule has 0 unspecified atom stereocenters. The van der Waals surface area contributed by atoms with Crippen molar-refractivity contribution in [2.75, 3.05) is 56.7 Å². The van der Waals surface area contributed by atoms with Gasteiger partial charge in [-0.25, -0.2) is 15.0 Å². The van der Waals surface area contributed by atoms with Crippen LogP contribution in [0, 0.1) is 0 Å². The number of hydrogen-bond acceptors (Lipinski definition) is 10. The average Bonchev–Trinajstić information content (AvgIpc) is 3.41. The van der Waals surface area contributed by atoms with Gasteiger partial charge in [0.25, 0.3) is 5.91 Å². The van der Waals surface area contributed by atoms with Crippen LogP contribution in [0.5, 0.6) is 0 Å². The van der Waals surface area contributed by atoms with Crippen LogP contribution in [0.3, 0.4) is 0 Å². The van der Waals surface area contributed by atoms with Crippen molar-refractivity contribution in [3.63, 3.8) is 0 Å². The van der Waals surface area contributed by atoms with Crippen molar-refractivity contribution < 1.29 is 19.4 Å². The first kappa shape index (κ1) is 32.1. The molecule has 0 saturated carbocycles. The number of carbonyl (C=O) groups excluding carboxylic acids is 2. The molecule has 2 saturated heterocycles. The molecule has 6 rings (SSSR count). The molecular formula is C33H41ClN8O4. The van der Waals surface area contributed by atoms with E-state index in [1.165, 1.54) is 4.90 Å². The third kappa shape index (κ3) is 6.80. The fourth-order valence-corrected chi connectivity index (χ4v) is 6.36. The average molecular weight is 649 g/mol. The lowest BCUT2D eigenvalue weighted by molar-refractivity contribution is -0.126. The number of pyridine rings is 1. The normalized spacial score (nSPS) is 20.4. The number of amides is 2. The van der Waals surface area contributed by atoms with Gasteiger partial charge in [0.15, 0.2) is 0 Å². The van der Waals surface area contributed by atoms with Crippen LogP contribution >= 0.6 is 11.6 Å². The van der Waals surface area contributed by atoms with Gasteiger partial charge in [0.2, 0.25) is 11.9 Å². The van der Waals surface area contributed by atoms with Crippen molar-refractivity contribution in [2.45, 2.75) is 57.4 Å². The zero-order valence-electron chi connectivity index (χ0n) is 26.4. The molecule has 3 aliphatic rings. The summed E-state index contributed by atoms with van der Waals surface area (Å²) in [7, 11) is 2.11. The fraction of sp³-hybridized carbons (Fsp3) is 0.485. The lowest BCUT2D eigenvalue weighted by Gasteiger charge is -2.38. The maximum Gasteiger partial charge on any atom is 0.255 e. The highest BCUT2D eigenvalue weighted by Crippen LogP contribution is 2.32. The highest BCUT2D eigenvalue weighted by Gasteiger charge is 2.35. The van der Waals surface area contributed by atoms with Crippen molar-refractivity contribution in [1.29, 1.82) is 0 Å². The quantitative estimate of drug-likeness (QED) is 0.318. The Labute approximate surface area is 274 Å². The lowest BCUT2D eigenvalue weighted by atomic mass is 10.0. The van der Waals surface area contributed by atoms with Crippen LogP contribution in [-0.4, -0.2) is 106 Å². The van der Waals surface area contributed by atoms with Crippen molar-refractivity contribution >= 4 is 35.2 Å². The number of ether oxygens (including phenoxy) is 1. The van der Waals surface area contributed by atoms with Crippen LogP contribution in [0.25, 0.3) is 11.3 Å². The molecule has 3 aliphatic heterocycles. The molecule has 0 aliphatic carbocycles. The third-order valence-corrected chi connectivity index (χ3v) is 9.53. The molecule has 244 valence electrons. The molecule has 1 aromatic carbocycles. The van der Waals surface area contributed by atoms with Crippen molar-refractivity contribution in [3.05, 3.63) is 64.4 Å². The van der Waals surface area contributed by atoms with Crippen LogP contribution in [0.1, 0.15) is 54.3 Å². The summed E-state index contributed by atoms with van der Waals surface area (Å²) in [5, 5.41) is 16.9. The number of benzene rings is 1. The van der Waals surface area contributed by atoms with Gasteiger partial charge >= 0.3 is 0 Å². The SMILES string of the molecule is C[C@@H]1CN(c2cccc([C@@H](CO)NC(=O)[C@@H](C)N3Cc4ccc(-c5nc(NC6CCOCC6)ncc5Cl)cc4C3=O)n2)CCN1C. The van der Waals surface area contributed by atoms with E-state index in [4.69, 9.17) is 21.3 Å². The Morgan fingerprint density at radius 2 is 1.98 bits per heavy atom. The number of nitrogens with one attached hydrogen (secondary N) is 2. The number of piperazine rings is 1. The van der Waals surface area contributed by atoms with E-state index in [1.807, 2.05) is 24.3 Å². The van der Waals surface area contributed by atoms with Gasteiger partial charge in [0.05, 0.1) is 35.3 Å². The molecule has 3 aromatic rings. The summed E-state index contributed by atoms with van der Waals surface area (Å²) in [6, 6.07) is 10.3. The maximum absolute atomic E-state index is 13.6. The van der Waals surface area contributed by atoms with Crippen LogP contribution in [0.4, 0.5) is 11.8 Å². The predicted molar refractivity (Wildman–Crippen MR) is 176 cm³/mol. The van der Waals surface area contributed by atoms with Crippen molar-refractivity contribution in [2.24, 2.45) is 0 Å². The number of fused-ring (bicyclic) bond motifs is 1. The minimum atomic E-state index is -0.781. The second-order valence-corrected chi connectivity index (χ2v) is 12.7. The third-order valence-electron chi connectivity index (χ3n) is 9.26. The molecule has 0 bridgehead atoms. The van der Waals surface area contributed by atoms with E-state index in [0.717, 1.165) is 43.9 Å². The van der Waals surface area contributed by atoms with Gasteiger partial charge in [-0.05, 0) is 57.5 Å². The van der Waals surface area contributed by atoms with E-state index >= 15 is 0 Å². The molecule has 13 heteroatoms. The van der Waals surface area contributed by atoms with Gasteiger partial charge in [-0.1, -0.05) is 29.8 Å². The Bertz CT molecular complexity index is 1580. The van der Waals surface area contributed by atoms with Gasteiger partial charge in [-0.3, -0.25) is 9.59 Å². The summed E-state index contributed by atoms with van der Waals surface area (Å²) in [5.41, 5.74) is 3.10. The Balaban J connectivity index is 1.13. The second-order valence-electron chi connectivity index (χ2n) is 12.3. The van der Waals surface area contributed by atoms with Crippen LogP contribution < -0.4 is 15.5 Å². The van der Waals surface area contributed by atoms with E-state index in [9.17, 15) is 14.7 Å². The Morgan fingerprint density at radius 3 is 2.74 bits per heavy atom. The summed E-state index contributed by atoms with van der Waals surface area (Å²) >= 11 is 6.51. The topological polar surface area (TPSA) is 136 Å². The van der Waals surface area contributed by atoms with E-state index in [0.29, 0.717) is 52.7 Å². The minimum Gasteiger partial charge on any atom is -0.394 e. The summed E-state index contributed by atoms with van der Waals surface area (Å²) in [6.07, 6.45) is 3.30. The Kier molecular flexibility index (Phi) is 9.69. The van der Waals surface area contributed by atoms with Crippen LogP contribution in [0.15, 0.2) is 42.6 Å². The molecule has 2 aromatic heterocycles. The van der Waals surface area contributed by atoms with Gasteiger partial charge in [0.1, 0.15) is 11.9 Å². The number of aromatic nitrogens is 3. The maximum atomic E-state index is 13.6. The highest BCUT2D eigenvalue weighted by atomic mass is 35.5. The zero-order chi connectivity index (χ0) is 32.4. The fourth-order valence-electron chi connectivity index (χ4n) is 6.16.